The van der Waals surface area contributed by atoms with Crippen molar-refractivity contribution in [3.8, 4) is 0 Å². The first kappa shape index (κ1) is 22.0. The van der Waals surface area contributed by atoms with Crippen LogP contribution in [0.1, 0.15) is 22.3 Å². The van der Waals surface area contributed by atoms with Crippen LogP contribution >= 0.6 is 0 Å². The van der Waals surface area contributed by atoms with Crippen LogP contribution < -0.4 is 10.0 Å². The standard InChI is InChI=1S/C16H24N2O7S/c1-11-4-5-12(26(22,23)17-7-9-25-3)10-13(11)15(19)18-14(16(20)21)6-8-24-2/h4-5,10,14,17H,6-9H2,1-3H3,(H,18,19)(H,20,21). The van der Waals surface area contributed by atoms with Crippen LogP contribution in [-0.2, 0) is 24.3 Å². The monoisotopic (exact) mass is 388 g/mol. The van der Waals surface area contributed by atoms with Crippen molar-refractivity contribution >= 4 is 21.9 Å². The lowest BCUT2D eigenvalue weighted by Gasteiger charge is -2.16. The predicted molar refractivity (Wildman–Crippen MR) is 93.6 cm³/mol. The zero-order valence-electron chi connectivity index (χ0n) is 14.9. The molecule has 10 heteroatoms. The van der Waals surface area contributed by atoms with E-state index in [-0.39, 0.29) is 36.6 Å². The van der Waals surface area contributed by atoms with Crippen molar-refractivity contribution in [2.24, 2.45) is 0 Å². The van der Waals surface area contributed by atoms with Gasteiger partial charge in [-0.1, -0.05) is 6.07 Å². The summed E-state index contributed by atoms with van der Waals surface area (Å²) in [5.74, 6) is -1.86. The fraction of sp³-hybridized carbons (Fsp3) is 0.500. The molecule has 1 unspecified atom stereocenters. The average molecular weight is 388 g/mol. The summed E-state index contributed by atoms with van der Waals surface area (Å²) in [6.45, 7) is 2.09. The Kier molecular flexibility index (Phi) is 8.66. The zero-order valence-corrected chi connectivity index (χ0v) is 15.8. The number of rotatable bonds is 11. The van der Waals surface area contributed by atoms with Gasteiger partial charge in [0.25, 0.3) is 5.91 Å². The van der Waals surface area contributed by atoms with Crippen LogP contribution in [0.3, 0.4) is 0 Å². The van der Waals surface area contributed by atoms with E-state index in [0.29, 0.717) is 5.56 Å². The van der Waals surface area contributed by atoms with E-state index in [1.54, 1.807) is 6.92 Å². The molecule has 0 aromatic heterocycles. The number of nitrogens with one attached hydrogen (secondary N) is 2. The van der Waals surface area contributed by atoms with Crippen molar-refractivity contribution in [3.05, 3.63) is 29.3 Å². The molecular weight excluding hydrogens is 364 g/mol. The minimum absolute atomic E-state index is 0.0864. The van der Waals surface area contributed by atoms with Crippen molar-refractivity contribution < 1.29 is 32.6 Å². The van der Waals surface area contributed by atoms with E-state index in [4.69, 9.17) is 9.47 Å². The van der Waals surface area contributed by atoms with Crippen molar-refractivity contribution in [1.82, 2.24) is 10.0 Å². The molecule has 1 rings (SSSR count). The Labute approximate surface area is 152 Å². The Morgan fingerprint density at radius 2 is 1.85 bits per heavy atom. The number of carbonyl (C=O) groups is 2. The van der Waals surface area contributed by atoms with Gasteiger partial charge < -0.3 is 19.9 Å². The molecule has 0 saturated heterocycles. The molecular formula is C16H24N2O7S. The molecule has 0 bridgehead atoms. The Morgan fingerprint density at radius 1 is 1.19 bits per heavy atom. The summed E-state index contributed by atoms with van der Waals surface area (Å²) in [6.07, 6.45) is 0.0905. The van der Waals surface area contributed by atoms with Crippen LogP contribution in [0.5, 0.6) is 0 Å². The Hall–Kier alpha value is -2.01. The molecule has 0 aliphatic heterocycles. The van der Waals surface area contributed by atoms with Gasteiger partial charge in [-0.2, -0.15) is 0 Å². The van der Waals surface area contributed by atoms with Gasteiger partial charge in [-0.3, -0.25) is 4.79 Å². The quantitative estimate of drug-likeness (QED) is 0.460. The molecule has 1 aromatic carbocycles. The number of aryl methyl sites for hydroxylation is 1. The van der Waals surface area contributed by atoms with Crippen molar-refractivity contribution in [1.29, 1.82) is 0 Å². The number of carboxylic acid groups (broad SMARTS) is 1. The summed E-state index contributed by atoms with van der Waals surface area (Å²) in [5.41, 5.74) is 0.609. The predicted octanol–water partition coefficient (Wildman–Crippen LogP) is 0.139. The number of hydrogen-bond donors (Lipinski definition) is 3. The maximum absolute atomic E-state index is 12.4. The molecule has 0 radical (unpaired) electrons. The minimum Gasteiger partial charge on any atom is -0.480 e. The van der Waals surface area contributed by atoms with Crippen molar-refractivity contribution in [2.75, 3.05) is 34.0 Å². The molecule has 0 fully saturated rings. The molecule has 1 atom stereocenters. The summed E-state index contributed by atoms with van der Waals surface area (Å²) in [6, 6.07) is 2.95. The number of ether oxygens (including phenoxy) is 2. The summed E-state index contributed by atoms with van der Waals surface area (Å²) >= 11 is 0. The molecule has 1 aromatic rings. The van der Waals surface area contributed by atoms with Gasteiger partial charge in [-0.05, 0) is 24.6 Å². The van der Waals surface area contributed by atoms with Crippen LogP contribution in [-0.4, -0.2) is 65.4 Å². The summed E-state index contributed by atoms with van der Waals surface area (Å²) in [4.78, 5) is 23.6. The van der Waals surface area contributed by atoms with Gasteiger partial charge in [0.15, 0.2) is 0 Å². The highest BCUT2D eigenvalue weighted by Crippen LogP contribution is 2.16. The molecule has 0 saturated carbocycles. The second-order valence-corrected chi connectivity index (χ2v) is 7.28. The number of sulfonamides is 1. The highest BCUT2D eigenvalue weighted by atomic mass is 32.2. The largest absolute Gasteiger partial charge is 0.480 e. The van der Waals surface area contributed by atoms with Gasteiger partial charge in [-0.25, -0.2) is 17.9 Å². The van der Waals surface area contributed by atoms with E-state index >= 15 is 0 Å². The SMILES string of the molecule is COCCNS(=O)(=O)c1ccc(C)c(C(=O)NC(CCOC)C(=O)O)c1. The Bertz CT molecular complexity index is 734. The number of carbonyl (C=O) groups excluding carboxylic acids is 1. The van der Waals surface area contributed by atoms with Crippen LogP contribution in [0, 0.1) is 6.92 Å². The van der Waals surface area contributed by atoms with Crippen molar-refractivity contribution in [3.63, 3.8) is 0 Å². The van der Waals surface area contributed by atoms with E-state index < -0.39 is 27.9 Å². The van der Waals surface area contributed by atoms with Gasteiger partial charge in [-0.15, -0.1) is 0 Å². The maximum Gasteiger partial charge on any atom is 0.326 e. The van der Waals surface area contributed by atoms with E-state index in [2.05, 4.69) is 10.0 Å². The zero-order chi connectivity index (χ0) is 19.7. The van der Waals surface area contributed by atoms with E-state index in [1.807, 2.05) is 0 Å². The average Bonchev–Trinajstić information content (AvgIpc) is 2.58. The number of hydrogen-bond acceptors (Lipinski definition) is 6. The van der Waals surface area contributed by atoms with E-state index in [1.165, 1.54) is 32.4 Å². The Balaban J connectivity index is 3.01. The molecule has 0 heterocycles. The molecule has 1 amide bonds. The number of amides is 1. The third kappa shape index (κ3) is 6.37. The smallest absolute Gasteiger partial charge is 0.326 e. The fourth-order valence-corrected chi connectivity index (χ4v) is 3.14. The molecule has 0 aliphatic rings. The molecule has 9 nitrogen and oxygen atoms in total. The lowest BCUT2D eigenvalue weighted by Crippen LogP contribution is -2.41. The molecule has 0 aliphatic carbocycles. The first-order valence-corrected chi connectivity index (χ1v) is 9.33. The molecule has 26 heavy (non-hydrogen) atoms. The first-order valence-electron chi connectivity index (χ1n) is 7.84. The molecule has 146 valence electrons. The van der Waals surface area contributed by atoms with Crippen molar-refractivity contribution in [2.45, 2.75) is 24.3 Å². The van der Waals surface area contributed by atoms with Crippen LogP contribution in [0.4, 0.5) is 0 Å². The fourth-order valence-electron chi connectivity index (χ4n) is 2.10. The minimum atomic E-state index is -3.81. The number of methoxy groups -OCH3 is 2. The lowest BCUT2D eigenvalue weighted by atomic mass is 10.1. The van der Waals surface area contributed by atoms with Gasteiger partial charge in [0.2, 0.25) is 10.0 Å². The highest BCUT2D eigenvalue weighted by molar-refractivity contribution is 7.89. The van der Waals surface area contributed by atoms with Gasteiger partial charge >= 0.3 is 5.97 Å². The maximum atomic E-state index is 12.4. The number of aliphatic carboxylic acids is 1. The third-order valence-corrected chi connectivity index (χ3v) is 5.04. The van der Waals surface area contributed by atoms with E-state index in [0.717, 1.165) is 0 Å². The number of benzene rings is 1. The summed E-state index contributed by atoms with van der Waals surface area (Å²) in [7, 11) is -0.935. The van der Waals surface area contributed by atoms with Crippen LogP contribution in [0.2, 0.25) is 0 Å². The van der Waals surface area contributed by atoms with Crippen LogP contribution in [0.25, 0.3) is 0 Å². The third-order valence-electron chi connectivity index (χ3n) is 3.58. The molecule has 0 spiro atoms. The summed E-state index contributed by atoms with van der Waals surface area (Å²) in [5, 5.41) is 11.6. The second-order valence-electron chi connectivity index (χ2n) is 5.51. The molecule has 3 N–H and O–H groups in total. The first-order chi connectivity index (χ1) is 12.2. The lowest BCUT2D eigenvalue weighted by molar-refractivity contribution is -0.139. The number of carboxylic acids is 1. The normalized spacial score (nSPS) is 12.6. The summed E-state index contributed by atoms with van der Waals surface area (Å²) < 4.78 is 36.5. The van der Waals surface area contributed by atoms with Gasteiger partial charge in [0.05, 0.1) is 11.5 Å². The topological polar surface area (TPSA) is 131 Å². The van der Waals surface area contributed by atoms with Gasteiger partial charge in [0.1, 0.15) is 6.04 Å². The second kappa shape index (κ2) is 10.2. The van der Waals surface area contributed by atoms with E-state index in [9.17, 15) is 23.1 Å². The van der Waals surface area contributed by atoms with Crippen LogP contribution in [0.15, 0.2) is 23.1 Å². The van der Waals surface area contributed by atoms with Gasteiger partial charge in [0, 0.05) is 39.4 Å². The Morgan fingerprint density at radius 3 is 2.42 bits per heavy atom. The highest BCUT2D eigenvalue weighted by Gasteiger charge is 2.23.